The molecule has 0 aromatic rings. The number of carbonyl (C=O) groups excluding carboxylic acids is 1. The lowest BCUT2D eigenvalue weighted by molar-refractivity contribution is -0.142. The van der Waals surface area contributed by atoms with E-state index in [1.165, 1.54) is 44.9 Å². The number of nitrogens with one attached hydrogen (secondary N) is 1. The lowest BCUT2D eigenvalue weighted by Crippen LogP contribution is -2.58. The van der Waals surface area contributed by atoms with Crippen molar-refractivity contribution in [1.82, 2.24) is 10.2 Å². The van der Waals surface area contributed by atoms with E-state index >= 15 is 0 Å². The van der Waals surface area contributed by atoms with Crippen LogP contribution in [0, 0.1) is 0 Å². The topological polar surface area (TPSA) is 32.3 Å². The predicted molar refractivity (Wildman–Crippen MR) is 67.8 cm³/mol. The Morgan fingerprint density at radius 2 is 1.88 bits per heavy atom. The Labute approximate surface area is 104 Å². The third kappa shape index (κ3) is 2.22. The number of rotatable bonds is 3. The average Bonchev–Trinajstić information content (AvgIpc) is 3.02. The monoisotopic (exact) mass is 236 g/mol. The van der Waals surface area contributed by atoms with Crippen molar-refractivity contribution in [3.05, 3.63) is 0 Å². The summed E-state index contributed by atoms with van der Waals surface area (Å²) < 4.78 is 0. The van der Waals surface area contributed by atoms with Crippen LogP contribution in [0.5, 0.6) is 0 Å². The molecule has 3 fully saturated rings. The van der Waals surface area contributed by atoms with E-state index in [0.29, 0.717) is 11.9 Å². The Morgan fingerprint density at radius 1 is 1.18 bits per heavy atom. The van der Waals surface area contributed by atoms with E-state index in [9.17, 15) is 4.79 Å². The van der Waals surface area contributed by atoms with Crippen LogP contribution in [0.4, 0.5) is 0 Å². The van der Waals surface area contributed by atoms with Crippen LogP contribution in [-0.4, -0.2) is 35.0 Å². The van der Waals surface area contributed by atoms with Crippen LogP contribution in [0.25, 0.3) is 0 Å². The molecule has 1 heterocycles. The first-order chi connectivity index (χ1) is 8.19. The van der Waals surface area contributed by atoms with Gasteiger partial charge in [0.2, 0.25) is 5.91 Å². The van der Waals surface area contributed by atoms with Crippen molar-refractivity contribution in [2.75, 3.05) is 6.54 Å². The normalized spacial score (nSPS) is 33.1. The standard InChI is InChI=1S/C14H24N2O/c1-14(8-2-3-9-14)16-10-4-5-12(13(16)17)15-11-6-7-11/h11-12,15H,2-10H2,1H3. The van der Waals surface area contributed by atoms with Crippen LogP contribution in [0.1, 0.15) is 58.3 Å². The quantitative estimate of drug-likeness (QED) is 0.813. The molecular weight excluding hydrogens is 212 g/mol. The molecule has 1 amide bonds. The molecule has 1 atom stereocenters. The molecule has 0 aromatic carbocycles. The molecule has 1 unspecified atom stereocenters. The first kappa shape index (κ1) is 11.5. The third-order valence-electron chi connectivity index (χ3n) is 4.79. The predicted octanol–water partition coefficient (Wildman–Crippen LogP) is 2.06. The van der Waals surface area contributed by atoms with Gasteiger partial charge in [0.25, 0.3) is 0 Å². The van der Waals surface area contributed by atoms with E-state index < -0.39 is 0 Å². The van der Waals surface area contributed by atoms with Gasteiger partial charge in [-0.15, -0.1) is 0 Å². The van der Waals surface area contributed by atoms with Gasteiger partial charge in [0.1, 0.15) is 0 Å². The molecule has 96 valence electrons. The highest BCUT2D eigenvalue weighted by Gasteiger charge is 2.42. The Bertz CT molecular complexity index is 305. The molecule has 3 nitrogen and oxygen atoms in total. The zero-order valence-corrected chi connectivity index (χ0v) is 10.9. The molecule has 3 heteroatoms. The molecule has 1 saturated heterocycles. The van der Waals surface area contributed by atoms with Gasteiger partial charge in [0.05, 0.1) is 6.04 Å². The highest BCUT2D eigenvalue weighted by atomic mass is 16.2. The fourth-order valence-corrected chi connectivity index (χ4v) is 3.51. The molecule has 3 aliphatic rings. The van der Waals surface area contributed by atoms with E-state index in [1.807, 2.05) is 0 Å². The summed E-state index contributed by atoms with van der Waals surface area (Å²) in [6.07, 6.45) is 9.74. The average molecular weight is 236 g/mol. The lowest BCUT2D eigenvalue weighted by atomic mass is 9.92. The summed E-state index contributed by atoms with van der Waals surface area (Å²) in [5.41, 5.74) is 0.168. The summed E-state index contributed by atoms with van der Waals surface area (Å²) in [6, 6.07) is 0.758. The van der Waals surface area contributed by atoms with Gasteiger partial charge >= 0.3 is 0 Å². The minimum atomic E-state index is 0.119. The van der Waals surface area contributed by atoms with Crippen LogP contribution >= 0.6 is 0 Å². The minimum absolute atomic E-state index is 0.119. The van der Waals surface area contributed by atoms with E-state index in [0.717, 1.165) is 13.0 Å². The maximum Gasteiger partial charge on any atom is 0.240 e. The second-order valence-electron chi connectivity index (χ2n) is 6.33. The summed E-state index contributed by atoms with van der Waals surface area (Å²) in [7, 11) is 0. The largest absolute Gasteiger partial charge is 0.336 e. The number of amides is 1. The number of hydrogen-bond donors (Lipinski definition) is 1. The Hall–Kier alpha value is -0.570. The van der Waals surface area contributed by atoms with Gasteiger partial charge in [-0.3, -0.25) is 4.79 Å². The van der Waals surface area contributed by atoms with Crippen molar-refractivity contribution in [2.45, 2.75) is 75.9 Å². The smallest absolute Gasteiger partial charge is 0.240 e. The molecule has 2 saturated carbocycles. The van der Waals surface area contributed by atoms with Crippen molar-refractivity contribution < 1.29 is 4.79 Å². The first-order valence-corrected chi connectivity index (χ1v) is 7.27. The van der Waals surface area contributed by atoms with Crippen LogP contribution in [-0.2, 0) is 4.79 Å². The van der Waals surface area contributed by atoms with Gasteiger partial charge in [-0.1, -0.05) is 12.8 Å². The second-order valence-corrected chi connectivity index (χ2v) is 6.33. The van der Waals surface area contributed by atoms with Gasteiger partial charge in [-0.25, -0.2) is 0 Å². The van der Waals surface area contributed by atoms with E-state index in [2.05, 4.69) is 17.1 Å². The highest BCUT2D eigenvalue weighted by molar-refractivity contribution is 5.83. The van der Waals surface area contributed by atoms with Crippen LogP contribution in [0.2, 0.25) is 0 Å². The van der Waals surface area contributed by atoms with E-state index in [1.54, 1.807) is 0 Å². The molecule has 2 aliphatic carbocycles. The van der Waals surface area contributed by atoms with Crippen molar-refractivity contribution >= 4 is 5.91 Å². The van der Waals surface area contributed by atoms with Gasteiger partial charge < -0.3 is 10.2 Å². The third-order valence-corrected chi connectivity index (χ3v) is 4.79. The van der Waals surface area contributed by atoms with Gasteiger partial charge in [-0.2, -0.15) is 0 Å². The molecule has 0 spiro atoms. The summed E-state index contributed by atoms with van der Waals surface area (Å²) in [6.45, 7) is 3.27. The number of piperidine rings is 1. The van der Waals surface area contributed by atoms with Crippen molar-refractivity contribution in [3.63, 3.8) is 0 Å². The SMILES string of the molecule is CC1(N2CCCC(NC3CC3)C2=O)CCCC1. The Kier molecular flexibility index (Phi) is 2.89. The summed E-state index contributed by atoms with van der Waals surface area (Å²) in [5.74, 6) is 0.382. The van der Waals surface area contributed by atoms with E-state index in [4.69, 9.17) is 0 Å². The minimum Gasteiger partial charge on any atom is -0.336 e. The fraction of sp³-hybridized carbons (Fsp3) is 0.929. The molecule has 0 aromatic heterocycles. The van der Waals surface area contributed by atoms with Crippen LogP contribution < -0.4 is 5.32 Å². The van der Waals surface area contributed by atoms with Gasteiger partial charge in [0.15, 0.2) is 0 Å². The maximum atomic E-state index is 12.5. The van der Waals surface area contributed by atoms with Crippen molar-refractivity contribution in [2.24, 2.45) is 0 Å². The molecule has 3 rings (SSSR count). The van der Waals surface area contributed by atoms with Crippen molar-refractivity contribution in [3.8, 4) is 0 Å². The van der Waals surface area contributed by atoms with Crippen LogP contribution in [0.15, 0.2) is 0 Å². The molecule has 0 bridgehead atoms. The molecular formula is C14H24N2O. The van der Waals surface area contributed by atoms with Gasteiger partial charge in [0, 0.05) is 18.1 Å². The molecule has 1 aliphatic heterocycles. The number of likely N-dealkylation sites (tertiary alicyclic amines) is 1. The molecule has 1 N–H and O–H groups in total. The zero-order valence-electron chi connectivity index (χ0n) is 10.9. The van der Waals surface area contributed by atoms with E-state index in [-0.39, 0.29) is 11.6 Å². The maximum absolute atomic E-state index is 12.5. The van der Waals surface area contributed by atoms with Gasteiger partial charge in [-0.05, 0) is 45.4 Å². The first-order valence-electron chi connectivity index (χ1n) is 7.27. The Balaban J connectivity index is 1.69. The highest BCUT2D eigenvalue weighted by Crippen LogP contribution is 2.37. The molecule has 17 heavy (non-hydrogen) atoms. The van der Waals surface area contributed by atoms with Crippen molar-refractivity contribution in [1.29, 1.82) is 0 Å². The molecule has 0 radical (unpaired) electrons. The zero-order chi connectivity index (χ0) is 11.9. The number of nitrogens with zero attached hydrogens (tertiary/aromatic N) is 1. The summed E-state index contributed by atoms with van der Waals surface area (Å²) in [4.78, 5) is 14.7. The lowest BCUT2D eigenvalue weighted by Gasteiger charge is -2.43. The summed E-state index contributed by atoms with van der Waals surface area (Å²) >= 11 is 0. The van der Waals surface area contributed by atoms with Crippen LogP contribution in [0.3, 0.4) is 0 Å². The summed E-state index contributed by atoms with van der Waals surface area (Å²) in [5, 5.41) is 3.52. The number of hydrogen-bond acceptors (Lipinski definition) is 2. The number of carbonyl (C=O) groups is 1. The Morgan fingerprint density at radius 3 is 2.53 bits per heavy atom. The second kappa shape index (κ2) is 4.27. The fourth-order valence-electron chi connectivity index (χ4n) is 3.51.